The lowest BCUT2D eigenvalue weighted by Crippen LogP contribution is -2.38. The van der Waals surface area contributed by atoms with Crippen molar-refractivity contribution in [2.75, 3.05) is 6.61 Å². The van der Waals surface area contributed by atoms with Crippen molar-refractivity contribution in [1.29, 1.82) is 0 Å². The smallest absolute Gasteiger partial charge is 0.311 e. The summed E-state index contributed by atoms with van der Waals surface area (Å²) in [5.74, 6) is 0.366. The van der Waals surface area contributed by atoms with E-state index in [0.29, 0.717) is 6.54 Å². The molecule has 0 fully saturated rings. The topological polar surface area (TPSA) is 137 Å². The number of amides is 1. The highest BCUT2D eigenvalue weighted by atomic mass is 32.1. The lowest BCUT2D eigenvalue weighted by molar-refractivity contribution is -0.385. The molecule has 180 valence electrons. The molecule has 2 aromatic carbocycles. The minimum Gasteiger partial charge on any atom is -0.487 e. The third kappa shape index (κ3) is 5.41. The second-order valence-corrected chi connectivity index (χ2v) is 8.64. The summed E-state index contributed by atoms with van der Waals surface area (Å²) in [5, 5.41) is 30.6. The van der Waals surface area contributed by atoms with E-state index >= 15 is 0 Å². The van der Waals surface area contributed by atoms with Crippen LogP contribution in [0.2, 0.25) is 0 Å². The third-order valence-corrected chi connectivity index (χ3v) is 6.16. The second kappa shape index (κ2) is 10.5. The van der Waals surface area contributed by atoms with Crippen molar-refractivity contribution in [2.24, 2.45) is 0 Å². The van der Waals surface area contributed by atoms with Gasteiger partial charge in [0.05, 0.1) is 11.5 Å². The molecule has 2 aromatic heterocycles. The average Bonchev–Trinajstić information content (AvgIpc) is 3.44. The maximum Gasteiger partial charge on any atom is 0.311 e. The number of hydrogen-bond acceptors (Lipinski definition) is 9. The summed E-state index contributed by atoms with van der Waals surface area (Å²) in [6, 6.07) is 11.8. The molecule has 4 rings (SSSR count). The van der Waals surface area contributed by atoms with Crippen LogP contribution in [0.3, 0.4) is 0 Å². The van der Waals surface area contributed by atoms with E-state index in [-0.39, 0.29) is 28.7 Å². The van der Waals surface area contributed by atoms with Gasteiger partial charge in [-0.2, -0.15) is 9.61 Å². The summed E-state index contributed by atoms with van der Waals surface area (Å²) in [5.41, 5.74) is 1.72. The lowest BCUT2D eigenvalue weighted by atomic mass is 10.1. The zero-order valence-electron chi connectivity index (χ0n) is 18.8. The van der Waals surface area contributed by atoms with Gasteiger partial charge >= 0.3 is 5.69 Å². The molecule has 13 heteroatoms. The molecule has 1 amide bonds. The number of fused-ring (bicyclic) bond motifs is 1. The van der Waals surface area contributed by atoms with Crippen LogP contribution in [0.25, 0.3) is 15.5 Å². The first-order valence-electron chi connectivity index (χ1n) is 10.7. The number of nitro groups is 1. The molecular formula is C22H21N7O4S2. The van der Waals surface area contributed by atoms with Crippen LogP contribution in [0.15, 0.2) is 42.5 Å². The number of hydrogen-bond donors (Lipinski definition) is 2. The highest BCUT2D eigenvalue weighted by Crippen LogP contribution is 2.28. The summed E-state index contributed by atoms with van der Waals surface area (Å²) in [4.78, 5) is 23.9. The number of nitro benzene ring substituents is 1. The van der Waals surface area contributed by atoms with E-state index < -0.39 is 10.8 Å². The number of rotatable bonds is 8. The van der Waals surface area contributed by atoms with E-state index in [9.17, 15) is 14.9 Å². The van der Waals surface area contributed by atoms with Crippen molar-refractivity contribution in [3.63, 3.8) is 0 Å². The van der Waals surface area contributed by atoms with E-state index in [1.165, 1.54) is 23.5 Å². The molecule has 0 aliphatic heterocycles. The molecule has 0 unspecified atom stereocenters. The van der Waals surface area contributed by atoms with E-state index in [4.69, 9.17) is 17.0 Å². The average molecular weight is 512 g/mol. The number of aryl methyl sites for hydroxylation is 1. The van der Waals surface area contributed by atoms with Crippen molar-refractivity contribution in [2.45, 2.75) is 26.8 Å². The fraction of sp³-hybridized carbons (Fsp3) is 0.227. The Hall–Kier alpha value is -3.97. The van der Waals surface area contributed by atoms with E-state index in [2.05, 4.69) is 25.9 Å². The Morgan fingerprint density at radius 3 is 2.66 bits per heavy atom. The molecule has 0 atom stereocenters. The van der Waals surface area contributed by atoms with Crippen LogP contribution in [0, 0.1) is 10.1 Å². The molecule has 0 spiro atoms. The van der Waals surface area contributed by atoms with E-state index in [1.54, 1.807) is 11.4 Å². The van der Waals surface area contributed by atoms with Crippen molar-refractivity contribution in [1.82, 2.24) is 30.4 Å². The molecule has 0 bridgehead atoms. The van der Waals surface area contributed by atoms with Gasteiger partial charge in [-0.3, -0.25) is 20.2 Å². The number of carbonyl (C=O) groups is 1. The van der Waals surface area contributed by atoms with Crippen molar-refractivity contribution < 1.29 is 14.5 Å². The van der Waals surface area contributed by atoms with Gasteiger partial charge in [-0.15, -0.1) is 10.2 Å². The van der Waals surface area contributed by atoms with Crippen molar-refractivity contribution in [3.8, 4) is 16.3 Å². The fourth-order valence-corrected chi connectivity index (χ4v) is 4.27. The van der Waals surface area contributed by atoms with E-state index in [0.717, 1.165) is 39.4 Å². The Morgan fingerprint density at radius 2 is 1.97 bits per heavy atom. The molecule has 0 aliphatic carbocycles. The quantitative estimate of drug-likeness (QED) is 0.207. The van der Waals surface area contributed by atoms with Crippen LogP contribution in [0.4, 0.5) is 5.69 Å². The van der Waals surface area contributed by atoms with Gasteiger partial charge in [0.15, 0.2) is 16.7 Å². The summed E-state index contributed by atoms with van der Waals surface area (Å²) in [6.45, 7) is 4.38. The van der Waals surface area contributed by atoms with Crippen molar-refractivity contribution >= 4 is 45.2 Å². The summed E-state index contributed by atoms with van der Waals surface area (Å²) < 4.78 is 7.00. The molecule has 2 heterocycles. The lowest BCUT2D eigenvalue weighted by Gasteiger charge is -2.11. The number of carbonyl (C=O) groups excluding carboxylic acids is 1. The molecule has 2 N–H and O–H groups in total. The minimum absolute atomic E-state index is 0.102. The monoisotopic (exact) mass is 511 g/mol. The molecule has 11 nitrogen and oxygen atoms in total. The SMILES string of the molecule is CCOc1ccc(C(=O)NC(=S)NCc2ccc(-c3nn4c(CC)nnc4s3)cc2)cc1[N+](=O)[O-]. The van der Waals surface area contributed by atoms with Gasteiger partial charge in [-0.25, -0.2) is 0 Å². The first-order chi connectivity index (χ1) is 16.9. The normalized spacial score (nSPS) is 10.8. The Bertz CT molecular complexity index is 1400. The van der Waals surface area contributed by atoms with Gasteiger partial charge in [0.1, 0.15) is 5.01 Å². The maximum atomic E-state index is 12.5. The van der Waals surface area contributed by atoms with Crippen LogP contribution in [0.5, 0.6) is 5.75 Å². The van der Waals surface area contributed by atoms with Gasteiger partial charge in [-0.05, 0) is 36.8 Å². The van der Waals surface area contributed by atoms with Gasteiger partial charge in [0.25, 0.3) is 5.91 Å². The predicted molar refractivity (Wildman–Crippen MR) is 135 cm³/mol. The first kappa shape index (κ1) is 24.2. The number of benzene rings is 2. The second-order valence-electron chi connectivity index (χ2n) is 7.28. The largest absolute Gasteiger partial charge is 0.487 e. The maximum absolute atomic E-state index is 12.5. The number of nitrogens with zero attached hydrogens (tertiary/aromatic N) is 5. The third-order valence-electron chi connectivity index (χ3n) is 4.97. The highest BCUT2D eigenvalue weighted by Gasteiger charge is 2.19. The van der Waals surface area contributed by atoms with Crippen LogP contribution in [-0.4, -0.2) is 42.4 Å². The Labute approximate surface area is 209 Å². The molecule has 0 saturated carbocycles. The molecule has 0 aliphatic rings. The number of aromatic nitrogens is 4. The molecule has 35 heavy (non-hydrogen) atoms. The van der Waals surface area contributed by atoms with Crippen molar-refractivity contribution in [3.05, 3.63) is 69.5 Å². The minimum atomic E-state index is -0.592. The zero-order chi connectivity index (χ0) is 24.9. The molecule has 0 saturated heterocycles. The Balaban J connectivity index is 1.35. The Morgan fingerprint density at radius 1 is 1.20 bits per heavy atom. The summed E-state index contributed by atoms with van der Waals surface area (Å²) in [6.07, 6.45) is 0.751. The van der Waals surface area contributed by atoms with Crippen LogP contribution in [-0.2, 0) is 13.0 Å². The number of nitrogens with one attached hydrogen (secondary N) is 2. The number of thiocarbonyl (C=S) groups is 1. The van der Waals surface area contributed by atoms with Gasteiger partial charge in [0.2, 0.25) is 4.96 Å². The van der Waals surface area contributed by atoms with Gasteiger partial charge in [-0.1, -0.05) is 42.5 Å². The van der Waals surface area contributed by atoms with Gasteiger partial charge in [0, 0.05) is 30.2 Å². The van der Waals surface area contributed by atoms with Gasteiger partial charge < -0.3 is 10.1 Å². The van der Waals surface area contributed by atoms with Crippen LogP contribution < -0.4 is 15.4 Å². The van der Waals surface area contributed by atoms with Crippen LogP contribution >= 0.6 is 23.6 Å². The van der Waals surface area contributed by atoms with E-state index in [1.807, 2.05) is 31.2 Å². The fourth-order valence-electron chi connectivity index (χ4n) is 3.24. The molecule has 4 aromatic rings. The first-order valence-corrected chi connectivity index (χ1v) is 11.9. The molecule has 0 radical (unpaired) electrons. The number of ether oxygens (including phenoxy) is 1. The standard InChI is InChI=1S/C22H21N7O4S2/c1-3-18-25-26-22-28(18)27-20(35-22)14-7-5-13(6-8-14)12-23-21(34)24-19(30)15-9-10-17(33-4-2)16(11-15)29(31)32/h5-11H,3-4,12H2,1-2H3,(H2,23,24,30,34). The summed E-state index contributed by atoms with van der Waals surface area (Å²) >= 11 is 6.67. The van der Waals surface area contributed by atoms with Crippen LogP contribution in [0.1, 0.15) is 35.6 Å². The highest BCUT2D eigenvalue weighted by molar-refractivity contribution is 7.80. The zero-order valence-corrected chi connectivity index (χ0v) is 20.5. The molecular weight excluding hydrogens is 490 g/mol. The predicted octanol–water partition coefficient (Wildman–Crippen LogP) is 3.53. The summed E-state index contributed by atoms with van der Waals surface area (Å²) in [7, 11) is 0. The Kier molecular flexibility index (Phi) is 7.27.